The average Bonchev–Trinajstić information content (AvgIpc) is 3.04. The fourth-order valence-corrected chi connectivity index (χ4v) is 3.57. The van der Waals surface area contributed by atoms with Gasteiger partial charge in [-0.2, -0.15) is 11.3 Å². The van der Waals surface area contributed by atoms with Gasteiger partial charge in [0.15, 0.2) is 0 Å². The molecule has 2 rings (SSSR count). The zero-order valence-corrected chi connectivity index (χ0v) is 12.4. The molecule has 0 aromatic carbocycles. The third kappa shape index (κ3) is 3.34. The number of methoxy groups -OCH3 is 1. The second-order valence-corrected chi connectivity index (χ2v) is 5.92. The molecule has 0 saturated carbocycles. The van der Waals surface area contributed by atoms with Crippen LogP contribution in [0.15, 0.2) is 28.3 Å². The lowest BCUT2D eigenvalue weighted by Gasteiger charge is -2.18. The highest BCUT2D eigenvalue weighted by atomic mass is 32.1. The van der Waals surface area contributed by atoms with Gasteiger partial charge in [-0.1, -0.05) is 6.92 Å². The lowest BCUT2D eigenvalue weighted by Crippen LogP contribution is -2.23. The summed E-state index contributed by atoms with van der Waals surface area (Å²) in [4.78, 5) is 1.30. The van der Waals surface area contributed by atoms with Crippen LogP contribution in [-0.2, 0) is 6.42 Å². The summed E-state index contributed by atoms with van der Waals surface area (Å²) >= 11 is 3.53. The van der Waals surface area contributed by atoms with Crippen molar-refractivity contribution in [1.29, 1.82) is 0 Å². The molecule has 2 aromatic heterocycles. The predicted molar refractivity (Wildman–Crippen MR) is 79.9 cm³/mol. The van der Waals surface area contributed by atoms with Crippen molar-refractivity contribution in [3.05, 3.63) is 38.7 Å². The Hall–Kier alpha value is -0.840. The number of thiophene rings is 2. The Labute approximate surface area is 117 Å². The highest BCUT2D eigenvalue weighted by molar-refractivity contribution is 7.10. The van der Waals surface area contributed by atoms with Crippen molar-refractivity contribution in [3.63, 3.8) is 0 Å². The van der Waals surface area contributed by atoms with Crippen molar-refractivity contribution in [3.8, 4) is 5.75 Å². The average molecular weight is 281 g/mol. The molecule has 2 heterocycles. The Balaban J connectivity index is 2.14. The third-order valence-electron chi connectivity index (χ3n) is 2.85. The fourth-order valence-electron chi connectivity index (χ4n) is 1.95. The lowest BCUT2D eigenvalue weighted by atomic mass is 10.1. The maximum absolute atomic E-state index is 5.44. The maximum atomic E-state index is 5.44. The highest BCUT2D eigenvalue weighted by Gasteiger charge is 2.17. The van der Waals surface area contributed by atoms with Crippen molar-refractivity contribution in [2.45, 2.75) is 25.8 Å². The maximum Gasteiger partial charge on any atom is 0.134 e. The van der Waals surface area contributed by atoms with E-state index >= 15 is 0 Å². The van der Waals surface area contributed by atoms with Gasteiger partial charge in [-0.15, -0.1) is 11.3 Å². The Morgan fingerprint density at radius 2 is 2.22 bits per heavy atom. The first-order valence-electron chi connectivity index (χ1n) is 6.21. The van der Waals surface area contributed by atoms with Crippen LogP contribution in [0.2, 0.25) is 0 Å². The Bertz CT molecular complexity index is 450. The molecule has 0 aliphatic carbocycles. The van der Waals surface area contributed by atoms with Gasteiger partial charge in [-0.25, -0.2) is 0 Å². The Kier molecular flexibility index (Phi) is 5.23. The van der Waals surface area contributed by atoms with Crippen LogP contribution in [0.25, 0.3) is 0 Å². The molecule has 4 heteroatoms. The van der Waals surface area contributed by atoms with Gasteiger partial charge in [0.1, 0.15) is 5.75 Å². The van der Waals surface area contributed by atoms with Gasteiger partial charge >= 0.3 is 0 Å². The van der Waals surface area contributed by atoms with Gasteiger partial charge in [-0.05, 0) is 53.2 Å². The summed E-state index contributed by atoms with van der Waals surface area (Å²) < 4.78 is 5.44. The van der Waals surface area contributed by atoms with Gasteiger partial charge < -0.3 is 10.1 Å². The zero-order chi connectivity index (χ0) is 12.8. The number of ether oxygens (including phenoxy) is 1. The number of rotatable bonds is 7. The van der Waals surface area contributed by atoms with E-state index in [1.165, 1.54) is 10.4 Å². The van der Waals surface area contributed by atoms with Crippen LogP contribution >= 0.6 is 22.7 Å². The van der Waals surface area contributed by atoms with E-state index in [9.17, 15) is 0 Å². The third-order valence-corrected chi connectivity index (χ3v) is 4.60. The van der Waals surface area contributed by atoms with Crippen LogP contribution in [0.4, 0.5) is 0 Å². The van der Waals surface area contributed by atoms with E-state index in [0.29, 0.717) is 6.04 Å². The highest BCUT2D eigenvalue weighted by Crippen LogP contribution is 2.33. The second-order valence-electron chi connectivity index (χ2n) is 4.20. The van der Waals surface area contributed by atoms with E-state index in [1.807, 2.05) is 6.07 Å². The minimum absolute atomic E-state index is 0.356. The van der Waals surface area contributed by atoms with Crippen LogP contribution in [0.5, 0.6) is 5.75 Å². The molecule has 98 valence electrons. The summed E-state index contributed by atoms with van der Waals surface area (Å²) in [5.74, 6) is 1.00. The summed E-state index contributed by atoms with van der Waals surface area (Å²) in [6.07, 6.45) is 2.17. The van der Waals surface area contributed by atoms with E-state index in [0.717, 1.165) is 25.1 Å². The topological polar surface area (TPSA) is 21.3 Å². The molecule has 2 nitrogen and oxygen atoms in total. The van der Waals surface area contributed by atoms with Crippen molar-refractivity contribution >= 4 is 22.7 Å². The quantitative estimate of drug-likeness (QED) is 0.825. The molecule has 2 aromatic rings. The summed E-state index contributed by atoms with van der Waals surface area (Å²) in [5, 5.41) is 10.1. The molecule has 0 radical (unpaired) electrons. The summed E-state index contributed by atoms with van der Waals surface area (Å²) in [5.41, 5.74) is 1.39. The van der Waals surface area contributed by atoms with Gasteiger partial charge in [0.05, 0.1) is 12.0 Å². The predicted octanol–water partition coefficient (Wildman–Crippen LogP) is 4.10. The summed E-state index contributed by atoms with van der Waals surface area (Å²) in [6.45, 7) is 3.23. The fraction of sp³-hybridized carbons (Fsp3) is 0.429. The van der Waals surface area contributed by atoms with Gasteiger partial charge in [-0.3, -0.25) is 0 Å². The van der Waals surface area contributed by atoms with Gasteiger partial charge in [0, 0.05) is 6.04 Å². The zero-order valence-electron chi connectivity index (χ0n) is 10.8. The minimum atomic E-state index is 0.356. The molecule has 0 fully saturated rings. The molecule has 0 aliphatic rings. The molecule has 1 atom stereocenters. The smallest absolute Gasteiger partial charge is 0.134 e. The van der Waals surface area contributed by atoms with Crippen molar-refractivity contribution < 1.29 is 4.74 Å². The number of hydrogen-bond acceptors (Lipinski definition) is 4. The molecule has 0 spiro atoms. The van der Waals surface area contributed by atoms with E-state index in [4.69, 9.17) is 4.74 Å². The lowest BCUT2D eigenvalue weighted by molar-refractivity contribution is 0.402. The molecule has 0 aliphatic heterocycles. The van der Waals surface area contributed by atoms with Crippen LogP contribution in [0, 0.1) is 0 Å². The van der Waals surface area contributed by atoms with Gasteiger partial charge in [0.25, 0.3) is 0 Å². The molecule has 1 unspecified atom stereocenters. The summed E-state index contributed by atoms with van der Waals surface area (Å²) in [7, 11) is 1.74. The standard InChI is InChI=1S/C14H19NOS2/c1-3-6-15-12(9-11-4-7-17-10-11)14-13(16-2)5-8-18-14/h4-5,7-8,10,12,15H,3,6,9H2,1-2H3. The normalized spacial score (nSPS) is 12.6. The van der Waals surface area contributed by atoms with Crippen molar-refractivity contribution in [2.24, 2.45) is 0 Å². The molecular formula is C14H19NOS2. The van der Waals surface area contributed by atoms with Crippen LogP contribution in [0.1, 0.15) is 29.8 Å². The van der Waals surface area contributed by atoms with Crippen LogP contribution < -0.4 is 10.1 Å². The first kappa shape index (κ1) is 13.6. The van der Waals surface area contributed by atoms with E-state index in [2.05, 4.69) is 34.4 Å². The Morgan fingerprint density at radius 3 is 2.89 bits per heavy atom. The molecular weight excluding hydrogens is 262 g/mol. The van der Waals surface area contributed by atoms with Gasteiger partial charge in [0.2, 0.25) is 0 Å². The monoisotopic (exact) mass is 281 g/mol. The minimum Gasteiger partial charge on any atom is -0.496 e. The number of nitrogens with one attached hydrogen (secondary N) is 1. The first-order valence-corrected chi connectivity index (χ1v) is 8.03. The molecule has 0 saturated heterocycles. The largest absolute Gasteiger partial charge is 0.496 e. The first-order chi connectivity index (χ1) is 8.85. The SMILES string of the molecule is CCCNC(Cc1ccsc1)c1sccc1OC. The van der Waals surface area contributed by atoms with Crippen LogP contribution in [-0.4, -0.2) is 13.7 Å². The molecule has 18 heavy (non-hydrogen) atoms. The summed E-state index contributed by atoms with van der Waals surface area (Å²) in [6, 6.07) is 4.61. The van der Waals surface area contributed by atoms with Crippen molar-refractivity contribution in [1.82, 2.24) is 5.32 Å². The van der Waals surface area contributed by atoms with E-state index < -0.39 is 0 Å². The van der Waals surface area contributed by atoms with Crippen LogP contribution in [0.3, 0.4) is 0 Å². The molecule has 1 N–H and O–H groups in total. The Morgan fingerprint density at radius 1 is 1.33 bits per heavy atom. The molecule has 0 amide bonds. The molecule has 0 bridgehead atoms. The van der Waals surface area contributed by atoms with E-state index in [-0.39, 0.29) is 0 Å². The van der Waals surface area contributed by atoms with E-state index in [1.54, 1.807) is 29.8 Å². The number of hydrogen-bond donors (Lipinski definition) is 1. The van der Waals surface area contributed by atoms with Crippen molar-refractivity contribution in [2.75, 3.05) is 13.7 Å². The second kappa shape index (κ2) is 6.92.